The SMILES string of the molecule is COc1cc(NC(=O)N2CC(C(=O)O)C2)cc(OC)c1. The van der Waals surface area contributed by atoms with Crippen molar-refractivity contribution in [1.82, 2.24) is 4.90 Å². The third-order valence-electron chi connectivity index (χ3n) is 3.12. The Morgan fingerprint density at radius 3 is 2.20 bits per heavy atom. The predicted molar refractivity (Wildman–Crippen MR) is 71.3 cm³/mol. The van der Waals surface area contributed by atoms with Crippen molar-refractivity contribution >= 4 is 17.7 Å². The molecule has 1 aliphatic heterocycles. The van der Waals surface area contributed by atoms with Crippen LogP contribution in [0.1, 0.15) is 0 Å². The molecule has 0 bridgehead atoms. The Kier molecular flexibility index (Phi) is 3.97. The van der Waals surface area contributed by atoms with Crippen molar-refractivity contribution in [3.63, 3.8) is 0 Å². The second-order valence-corrected chi connectivity index (χ2v) is 4.47. The number of carbonyl (C=O) groups excluding carboxylic acids is 1. The van der Waals surface area contributed by atoms with E-state index in [2.05, 4.69) is 5.32 Å². The molecule has 7 heteroatoms. The number of benzene rings is 1. The van der Waals surface area contributed by atoms with E-state index in [9.17, 15) is 9.59 Å². The van der Waals surface area contributed by atoms with E-state index in [0.717, 1.165) is 0 Å². The molecular formula is C13H16N2O5. The highest BCUT2D eigenvalue weighted by Gasteiger charge is 2.35. The van der Waals surface area contributed by atoms with Gasteiger partial charge < -0.3 is 24.8 Å². The van der Waals surface area contributed by atoms with E-state index in [-0.39, 0.29) is 19.1 Å². The predicted octanol–water partition coefficient (Wildman–Crippen LogP) is 1.25. The molecule has 1 aromatic carbocycles. The van der Waals surface area contributed by atoms with Gasteiger partial charge in [-0.2, -0.15) is 0 Å². The summed E-state index contributed by atoms with van der Waals surface area (Å²) in [6, 6.07) is 4.68. The van der Waals surface area contributed by atoms with Crippen LogP contribution < -0.4 is 14.8 Å². The first-order valence-corrected chi connectivity index (χ1v) is 6.05. The minimum absolute atomic E-state index is 0.224. The summed E-state index contributed by atoms with van der Waals surface area (Å²) in [5.41, 5.74) is 0.532. The van der Waals surface area contributed by atoms with Gasteiger partial charge in [0.1, 0.15) is 11.5 Å². The molecular weight excluding hydrogens is 264 g/mol. The molecule has 1 saturated heterocycles. The fraction of sp³-hybridized carbons (Fsp3) is 0.385. The lowest BCUT2D eigenvalue weighted by Gasteiger charge is -2.36. The highest BCUT2D eigenvalue weighted by Crippen LogP contribution is 2.26. The van der Waals surface area contributed by atoms with Gasteiger partial charge in [0.2, 0.25) is 0 Å². The molecule has 0 unspecified atom stereocenters. The molecule has 1 aliphatic rings. The van der Waals surface area contributed by atoms with Gasteiger partial charge >= 0.3 is 12.0 Å². The fourth-order valence-corrected chi connectivity index (χ4v) is 1.88. The summed E-state index contributed by atoms with van der Waals surface area (Å²) < 4.78 is 10.2. The first-order chi connectivity index (χ1) is 9.53. The van der Waals surface area contributed by atoms with Gasteiger partial charge in [-0.3, -0.25) is 4.79 Å². The van der Waals surface area contributed by atoms with Crippen molar-refractivity contribution in [2.24, 2.45) is 5.92 Å². The van der Waals surface area contributed by atoms with E-state index >= 15 is 0 Å². The molecule has 1 aromatic rings. The van der Waals surface area contributed by atoms with E-state index in [1.165, 1.54) is 19.1 Å². The van der Waals surface area contributed by atoms with E-state index in [0.29, 0.717) is 17.2 Å². The molecule has 0 saturated carbocycles. The van der Waals surface area contributed by atoms with Crippen LogP contribution in [0.25, 0.3) is 0 Å². The average molecular weight is 280 g/mol. The van der Waals surface area contributed by atoms with Crippen molar-refractivity contribution in [2.45, 2.75) is 0 Å². The molecule has 1 heterocycles. The zero-order valence-electron chi connectivity index (χ0n) is 11.3. The molecule has 20 heavy (non-hydrogen) atoms. The molecule has 2 N–H and O–H groups in total. The fourth-order valence-electron chi connectivity index (χ4n) is 1.88. The molecule has 2 rings (SSSR count). The highest BCUT2D eigenvalue weighted by atomic mass is 16.5. The number of anilines is 1. The van der Waals surface area contributed by atoms with E-state index < -0.39 is 11.9 Å². The number of methoxy groups -OCH3 is 2. The second-order valence-electron chi connectivity index (χ2n) is 4.47. The summed E-state index contributed by atoms with van der Waals surface area (Å²) in [6.07, 6.45) is 0. The first-order valence-electron chi connectivity index (χ1n) is 6.05. The number of hydrogen-bond donors (Lipinski definition) is 2. The maximum Gasteiger partial charge on any atom is 0.321 e. The van der Waals surface area contributed by atoms with Crippen LogP contribution in [0.3, 0.4) is 0 Å². The Morgan fingerprint density at radius 2 is 1.75 bits per heavy atom. The standard InChI is InChI=1S/C13H16N2O5/c1-19-10-3-9(4-11(5-10)20-2)14-13(18)15-6-8(7-15)12(16)17/h3-5,8H,6-7H2,1-2H3,(H,14,18)(H,16,17). The quantitative estimate of drug-likeness (QED) is 0.866. The number of urea groups is 1. The van der Waals surface area contributed by atoms with Gasteiger partial charge in [0, 0.05) is 37.0 Å². The minimum atomic E-state index is -0.878. The third kappa shape index (κ3) is 2.93. The number of nitrogens with zero attached hydrogens (tertiary/aromatic N) is 1. The number of amides is 2. The molecule has 0 atom stereocenters. The number of ether oxygens (including phenoxy) is 2. The summed E-state index contributed by atoms with van der Waals surface area (Å²) >= 11 is 0. The van der Waals surface area contributed by atoms with Crippen LogP contribution in [0, 0.1) is 5.92 Å². The van der Waals surface area contributed by atoms with Gasteiger partial charge in [-0.25, -0.2) is 4.79 Å². The van der Waals surface area contributed by atoms with Crippen molar-refractivity contribution in [3.05, 3.63) is 18.2 Å². The summed E-state index contributed by atoms with van der Waals surface area (Å²) in [6.45, 7) is 0.449. The van der Waals surface area contributed by atoms with Crippen LogP contribution in [0.2, 0.25) is 0 Å². The normalized spacial score (nSPS) is 14.4. The molecule has 0 radical (unpaired) electrons. The maximum atomic E-state index is 11.9. The van der Waals surface area contributed by atoms with Gasteiger partial charge in [-0.15, -0.1) is 0 Å². The Hall–Kier alpha value is -2.44. The van der Waals surface area contributed by atoms with Crippen LogP contribution in [0.5, 0.6) is 11.5 Å². The number of carbonyl (C=O) groups is 2. The number of nitrogens with one attached hydrogen (secondary N) is 1. The Labute approximate surface area is 116 Å². The van der Waals surface area contributed by atoms with Crippen LogP contribution >= 0.6 is 0 Å². The zero-order valence-corrected chi connectivity index (χ0v) is 11.3. The maximum absolute atomic E-state index is 11.9. The van der Waals surface area contributed by atoms with Gasteiger partial charge in [0.05, 0.1) is 20.1 Å². The van der Waals surface area contributed by atoms with E-state index in [1.807, 2.05) is 0 Å². The number of carboxylic acids is 1. The zero-order chi connectivity index (χ0) is 14.7. The van der Waals surface area contributed by atoms with Crippen molar-refractivity contribution in [1.29, 1.82) is 0 Å². The lowest BCUT2D eigenvalue weighted by Crippen LogP contribution is -2.54. The van der Waals surface area contributed by atoms with Crippen LogP contribution in [-0.2, 0) is 4.79 Å². The molecule has 0 aromatic heterocycles. The number of likely N-dealkylation sites (tertiary alicyclic amines) is 1. The Balaban J connectivity index is 1.99. The molecule has 2 amide bonds. The summed E-state index contributed by atoms with van der Waals surface area (Å²) in [7, 11) is 3.04. The van der Waals surface area contributed by atoms with E-state index in [1.54, 1.807) is 18.2 Å². The monoisotopic (exact) mass is 280 g/mol. The highest BCUT2D eigenvalue weighted by molar-refractivity contribution is 5.91. The third-order valence-corrected chi connectivity index (χ3v) is 3.12. The summed E-state index contributed by atoms with van der Waals surface area (Å²) in [5.74, 6) is -0.226. The van der Waals surface area contributed by atoms with Gasteiger partial charge in [0.15, 0.2) is 0 Å². The molecule has 7 nitrogen and oxygen atoms in total. The Bertz CT molecular complexity index is 503. The minimum Gasteiger partial charge on any atom is -0.497 e. The number of hydrogen-bond acceptors (Lipinski definition) is 4. The van der Waals surface area contributed by atoms with E-state index in [4.69, 9.17) is 14.6 Å². The Morgan fingerprint density at radius 1 is 1.20 bits per heavy atom. The summed E-state index contributed by atoms with van der Waals surface area (Å²) in [5, 5.41) is 11.5. The van der Waals surface area contributed by atoms with Gasteiger partial charge in [-0.1, -0.05) is 0 Å². The molecule has 1 fully saturated rings. The molecule has 0 spiro atoms. The lowest BCUT2D eigenvalue weighted by molar-refractivity contribution is -0.145. The van der Waals surface area contributed by atoms with Gasteiger partial charge in [-0.05, 0) is 0 Å². The number of aliphatic carboxylic acids is 1. The van der Waals surface area contributed by atoms with Crippen molar-refractivity contribution < 1.29 is 24.2 Å². The largest absolute Gasteiger partial charge is 0.497 e. The molecule has 0 aliphatic carbocycles. The average Bonchev–Trinajstić information content (AvgIpc) is 2.35. The number of carboxylic acid groups (broad SMARTS) is 1. The number of rotatable bonds is 4. The van der Waals surface area contributed by atoms with Crippen LogP contribution in [0.4, 0.5) is 10.5 Å². The lowest BCUT2D eigenvalue weighted by atomic mass is 10.0. The summed E-state index contributed by atoms with van der Waals surface area (Å²) in [4.78, 5) is 24.0. The molecule has 108 valence electrons. The smallest absolute Gasteiger partial charge is 0.321 e. The van der Waals surface area contributed by atoms with Gasteiger partial charge in [0.25, 0.3) is 0 Å². The van der Waals surface area contributed by atoms with Crippen molar-refractivity contribution in [3.8, 4) is 11.5 Å². The first kappa shape index (κ1) is 14.0. The topological polar surface area (TPSA) is 88.1 Å². The van der Waals surface area contributed by atoms with Crippen molar-refractivity contribution in [2.75, 3.05) is 32.6 Å². The second kappa shape index (κ2) is 5.68. The van der Waals surface area contributed by atoms with Crippen LogP contribution in [0.15, 0.2) is 18.2 Å². The van der Waals surface area contributed by atoms with Crippen LogP contribution in [-0.4, -0.2) is 49.3 Å².